The first kappa shape index (κ1) is 9.16. The molecular weight excluding hydrogens is 168 g/mol. The Morgan fingerprint density at radius 2 is 2.38 bits per heavy atom. The van der Waals surface area contributed by atoms with E-state index in [1.54, 1.807) is 18.2 Å². The van der Waals surface area contributed by atoms with Gasteiger partial charge < -0.3 is 10.6 Å². The van der Waals surface area contributed by atoms with Gasteiger partial charge in [0.25, 0.3) is 5.71 Å². The molecule has 0 aromatic rings. The van der Waals surface area contributed by atoms with Crippen molar-refractivity contribution in [3.63, 3.8) is 0 Å². The predicted octanol–water partition coefficient (Wildman–Crippen LogP) is 1.18. The molecule has 1 aliphatic carbocycles. The second kappa shape index (κ2) is 4.18. The topological polar surface area (TPSA) is 73.7 Å². The Hall–Kier alpha value is -1.93. The van der Waals surface area contributed by atoms with Crippen LogP contribution in [0.15, 0.2) is 36.0 Å². The summed E-state index contributed by atoms with van der Waals surface area (Å²) in [5.41, 5.74) is 9.75. The fraction of sp³-hybridized carbons (Fsp3) is 0.111. The van der Waals surface area contributed by atoms with Gasteiger partial charge in [0.15, 0.2) is 0 Å². The number of allylic oxidation sites excluding steroid dienone is 5. The van der Waals surface area contributed by atoms with Crippen molar-refractivity contribution >= 4 is 11.7 Å². The number of aliphatic carboxylic acids is 1. The zero-order valence-electron chi connectivity index (χ0n) is 6.84. The van der Waals surface area contributed by atoms with Gasteiger partial charge in [-0.3, -0.25) is 0 Å². The molecule has 13 heavy (non-hydrogen) atoms. The average Bonchev–Trinajstić information content (AvgIpc) is 2.15. The van der Waals surface area contributed by atoms with Crippen LogP contribution in [-0.2, 0) is 4.79 Å². The molecule has 0 aromatic heterocycles. The molecule has 1 aliphatic rings. The highest BCUT2D eigenvalue weighted by molar-refractivity contribution is 5.93. The zero-order valence-corrected chi connectivity index (χ0v) is 6.84. The van der Waals surface area contributed by atoms with Gasteiger partial charge in [-0.25, -0.2) is 4.79 Å². The number of hydrogen-bond donors (Lipinski definition) is 1. The lowest BCUT2D eigenvalue weighted by molar-refractivity contribution is -0.131. The first-order valence-corrected chi connectivity index (χ1v) is 3.72. The zero-order chi connectivity index (χ0) is 9.68. The number of carbonyl (C=O) groups is 1. The number of rotatable bonds is 2. The van der Waals surface area contributed by atoms with E-state index in [1.165, 1.54) is 6.08 Å². The maximum atomic E-state index is 10.2. The van der Waals surface area contributed by atoms with Crippen molar-refractivity contribution in [1.82, 2.24) is 0 Å². The van der Waals surface area contributed by atoms with Gasteiger partial charge in [-0.2, -0.15) is 4.79 Å². The normalized spacial score (nSPS) is 15.7. The van der Waals surface area contributed by atoms with Gasteiger partial charge in [0.05, 0.1) is 6.42 Å². The quantitative estimate of drug-likeness (QED) is 0.389. The van der Waals surface area contributed by atoms with Crippen LogP contribution in [0, 0.1) is 0 Å². The highest BCUT2D eigenvalue weighted by Crippen LogP contribution is 2.07. The monoisotopic (exact) mass is 176 g/mol. The van der Waals surface area contributed by atoms with Crippen LogP contribution < -0.4 is 0 Å². The van der Waals surface area contributed by atoms with Crippen molar-refractivity contribution in [2.75, 3.05) is 0 Å². The summed E-state index contributed by atoms with van der Waals surface area (Å²) in [5.74, 6) is -0.976. The highest BCUT2D eigenvalue weighted by Gasteiger charge is 2.05. The second-order valence-corrected chi connectivity index (χ2v) is 2.50. The molecule has 0 unspecified atom stereocenters. The predicted molar refractivity (Wildman–Crippen MR) is 47.2 cm³/mol. The van der Waals surface area contributed by atoms with Gasteiger partial charge in [0.1, 0.15) is 0 Å². The van der Waals surface area contributed by atoms with Crippen LogP contribution in [-0.4, -0.2) is 21.6 Å². The van der Waals surface area contributed by atoms with Gasteiger partial charge in [0, 0.05) is 12.2 Å². The smallest absolute Gasteiger partial charge is 0.328 e. The molecule has 4 heteroatoms. The maximum Gasteiger partial charge on any atom is 0.328 e. The first-order valence-electron chi connectivity index (χ1n) is 3.72. The Kier molecular flexibility index (Phi) is 2.95. The Bertz CT molecular complexity index is 354. The minimum atomic E-state index is -0.976. The molecule has 0 radical (unpaired) electrons. The minimum absolute atomic E-state index is 0.520. The largest absolute Gasteiger partial charge is 0.478 e. The van der Waals surface area contributed by atoms with Crippen LogP contribution in [0.1, 0.15) is 6.42 Å². The van der Waals surface area contributed by atoms with Crippen LogP contribution in [0.4, 0.5) is 0 Å². The third-order valence-corrected chi connectivity index (χ3v) is 1.56. The van der Waals surface area contributed by atoms with E-state index in [4.69, 9.17) is 10.6 Å². The molecule has 1 rings (SSSR count). The standard InChI is InChI=1S/C9H8N2O2/c10-11-8-4-1-7(2-5-8)3-6-9(12)13/h1-4,6H,5H2,(H,12,13). The average molecular weight is 176 g/mol. The van der Waals surface area contributed by atoms with Crippen molar-refractivity contribution in [3.8, 4) is 0 Å². The molecule has 66 valence electrons. The summed E-state index contributed by atoms with van der Waals surface area (Å²) in [6, 6.07) is 0. The summed E-state index contributed by atoms with van der Waals surface area (Å²) in [7, 11) is 0. The summed E-state index contributed by atoms with van der Waals surface area (Å²) in [6.45, 7) is 0. The van der Waals surface area contributed by atoms with E-state index in [9.17, 15) is 4.79 Å². The van der Waals surface area contributed by atoms with Gasteiger partial charge in [0.2, 0.25) is 0 Å². The van der Waals surface area contributed by atoms with Crippen molar-refractivity contribution < 1.29 is 14.7 Å². The number of hydrogen-bond acceptors (Lipinski definition) is 1. The second-order valence-electron chi connectivity index (χ2n) is 2.50. The molecule has 0 saturated carbocycles. The molecule has 0 aliphatic heterocycles. The van der Waals surface area contributed by atoms with E-state index in [-0.39, 0.29) is 0 Å². The van der Waals surface area contributed by atoms with E-state index >= 15 is 0 Å². The van der Waals surface area contributed by atoms with E-state index in [0.29, 0.717) is 12.1 Å². The Morgan fingerprint density at radius 1 is 1.62 bits per heavy atom. The van der Waals surface area contributed by atoms with Crippen LogP contribution >= 0.6 is 0 Å². The number of nitrogens with zero attached hydrogens (tertiary/aromatic N) is 2. The molecule has 0 aromatic carbocycles. The van der Waals surface area contributed by atoms with Crippen LogP contribution in [0.5, 0.6) is 0 Å². The van der Waals surface area contributed by atoms with E-state index < -0.39 is 5.97 Å². The van der Waals surface area contributed by atoms with Crippen LogP contribution in [0.25, 0.3) is 5.53 Å². The Labute approximate surface area is 75.1 Å². The molecule has 4 nitrogen and oxygen atoms in total. The van der Waals surface area contributed by atoms with E-state index in [0.717, 1.165) is 11.6 Å². The Balaban J connectivity index is 2.68. The molecule has 0 fully saturated rings. The third kappa shape index (κ3) is 2.89. The van der Waals surface area contributed by atoms with Gasteiger partial charge in [-0.15, -0.1) is 0 Å². The highest BCUT2D eigenvalue weighted by atomic mass is 16.4. The minimum Gasteiger partial charge on any atom is -0.478 e. The molecule has 0 heterocycles. The lowest BCUT2D eigenvalue weighted by Gasteiger charge is -1.96. The molecule has 0 amide bonds. The van der Waals surface area contributed by atoms with Crippen molar-refractivity contribution in [1.29, 1.82) is 0 Å². The molecule has 0 spiro atoms. The van der Waals surface area contributed by atoms with Crippen molar-refractivity contribution in [2.45, 2.75) is 6.42 Å². The Morgan fingerprint density at radius 3 is 2.85 bits per heavy atom. The number of carboxylic acid groups (broad SMARTS) is 1. The van der Waals surface area contributed by atoms with Crippen molar-refractivity contribution in [2.24, 2.45) is 0 Å². The summed E-state index contributed by atoms with van der Waals surface area (Å²) in [6.07, 6.45) is 8.20. The lowest BCUT2D eigenvalue weighted by Crippen LogP contribution is -1.97. The SMILES string of the molecule is [N-]=[N+]=C1C=CC(C=CC(=O)O)=CC1. The summed E-state index contributed by atoms with van der Waals surface area (Å²) in [5, 5.41) is 8.34. The fourth-order valence-electron chi connectivity index (χ4n) is 0.916. The van der Waals surface area contributed by atoms with Crippen molar-refractivity contribution in [3.05, 3.63) is 41.5 Å². The van der Waals surface area contributed by atoms with Crippen LogP contribution in [0.2, 0.25) is 0 Å². The maximum absolute atomic E-state index is 10.2. The molecule has 0 saturated heterocycles. The van der Waals surface area contributed by atoms with Gasteiger partial charge >= 0.3 is 5.97 Å². The summed E-state index contributed by atoms with van der Waals surface area (Å²) in [4.78, 5) is 13.2. The van der Waals surface area contributed by atoms with Crippen LogP contribution in [0.3, 0.4) is 0 Å². The summed E-state index contributed by atoms with van der Waals surface area (Å²) >= 11 is 0. The van der Waals surface area contributed by atoms with E-state index in [1.807, 2.05) is 0 Å². The lowest BCUT2D eigenvalue weighted by atomic mass is 10.1. The molecule has 0 atom stereocenters. The summed E-state index contributed by atoms with van der Waals surface area (Å²) < 4.78 is 0. The first-order chi connectivity index (χ1) is 6.22. The van der Waals surface area contributed by atoms with Gasteiger partial charge in [-0.1, -0.05) is 6.08 Å². The molecular formula is C9H8N2O2. The molecule has 1 N–H and O–H groups in total. The number of carboxylic acids is 1. The molecule has 0 bridgehead atoms. The fourth-order valence-corrected chi connectivity index (χ4v) is 0.916. The van der Waals surface area contributed by atoms with E-state index in [2.05, 4.69) is 4.79 Å². The van der Waals surface area contributed by atoms with Gasteiger partial charge in [-0.05, 0) is 17.7 Å². The third-order valence-electron chi connectivity index (χ3n) is 1.56.